The van der Waals surface area contributed by atoms with Crippen LogP contribution in [0.4, 0.5) is 4.39 Å². The zero-order valence-corrected chi connectivity index (χ0v) is 8.92. The largest absolute Gasteiger partial charge is 0.479 e. The van der Waals surface area contributed by atoms with Crippen molar-refractivity contribution in [3.63, 3.8) is 0 Å². The molecule has 15 heavy (non-hydrogen) atoms. The number of benzene rings is 1. The maximum Gasteiger partial charge on any atom is 0.336 e. The highest BCUT2D eigenvalue weighted by atomic mass is 32.2. The molecule has 1 aromatic rings. The molecule has 1 aromatic carbocycles. The predicted octanol–water partition coefficient (Wildman–Crippen LogP) is 1.75. The standard InChI is InChI=1S/C10H11FO3S/c1-10(14,9(12)13)6-15-8-4-2-7(11)3-5-8/h2-5,14H,6H2,1H3,(H,12,13). The predicted molar refractivity (Wildman–Crippen MR) is 55.4 cm³/mol. The lowest BCUT2D eigenvalue weighted by Crippen LogP contribution is -2.37. The Morgan fingerprint density at radius 2 is 2.00 bits per heavy atom. The summed E-state index contributed by atoms with van der Waals surface area (Å²) in [5.41, 5.74) is -1.76. The number of hydrogen-bond acceptors (Lipinski definition) is 3. The summed E-state index contributed by atoms with van der Waals surface area (Å²) in [6.45, 7) is 1.23. The van der Waals surface area contributed by atoms with E-state index in [4.69, 9.17) is 5.11 Å². The molecule has 82 valence electrons. The summed E-state index contributed by atoms with van der Waals surface area (Å²) in [6.07, 6.45) is 0. The zero-order chi connectivity index (χ0) is 11.5. The van der Waals surface area contributed by atoms with Crippen molar-refractivity contribution < 1.29 is 19.4 Å². The van der Waals surface area contributed by atoms with Crippen molar-refractivity contribution in [3.8, 4) is 0 Å². The third-order valence-corrected chi connectivity index (χ3v) is 3.11. The van der Waals surface area contributed by atoms with Crippen LogP contribution >= 0.6 is 11.8 Å². The second-order valence-corrected chi connectivity index (χ2v) is 4.37. The van der Waals surface area contributed by atoms with E-state index >= 15 is 0 Å². The van der Waals surface area contributed by atoms with Crippen LogP contribution in [0, 0.1) is 5.82 Å². The summed E-state index contributed by atoms with van der Waals surface area (Å²) in [5, 5.41) is 18.1. The van der Waals surface area contributed by atoms with Crippen LogP contribution in [0.2, 0.25) is 0 Å². The van der Waals surface area contributed by atoms with Crippen LogP contribution in [0.25, 0.3) is 0 Å². The van der Waals surface area contributed by atoms with E-state index in [1.54, 1.807) is 0 Å². The fraction of sp³-hybridized carbons (Fsp3) is 0.300. The Kier molecular flexibility index (Phi) is 3.71. The van der Waals surface area contributed by atoms with Crippen molar-refractivity contribution in [2.45, 2.75) is 17.4 Å². The molecule has 0 saturated carbocycles. The van der Waals surface area contributed by atoms with Crippen molar-refractivity contribution in [3.05, 3.63) is 30.1 Å². The minimum Gasteiger partial charge on any atom is -0.479 e. The molecule has 0 aliphatic rings. The molecular formula is C10H11FO3S. The van der Waals surface area contributed by atoms with E-state index < -0.39 is 11.6 Å². The molecule has 0 saturated heterocycles. The number of carboxylic acid groups (broad SMARTS) is 1. The SMILES string of the molecule is CC(O)(CSc1ccc(F)cc1)C(=O)O. The molecule has 0 fully saturated rings. The van der Waals surface area contributed by atoms with Gasteiger partial charge in [0.25, 0.3) is 0 Å². The summed E-state index contributed by atoms with van der Waals surface area (Å²) in [7, 11) is 0. The molecule has 3 nitrogen and oxygen atoms in total. The van der Waals surface area contributed by atoms with Crippen LogP contribution < -0.4 is 0 Å². The second kappa shape index (κ2) is 4.63. The Balaban J connectivity index is 2.57. The van der Waals surface area contributed by atoms with Gasteiger partial charge in [0.2, 0.25) is 0 Å². The molecule has 0 spiro atoms. The molecule has 1 atom stereocenters. The normalized spacial score (nSPS) is 14.6. The number of aliphatic hydroxyl groups is 1. The van der Waals surface area contributed by atoms with Crippen LogP contribution in [-0.2, 0) is 4.79 Å². The Morgan fingerprint density at radius 1 is 1.47 bits per heavy atom. The summed E-state index contributed by atoms with van der Waals surface area (Å²) < 4.78 is 12.5. The lowest BCUT2D eigenvalue weighted by molar-refractivity contribution is -0.154. The number of carbonyl (C=O) groups is 1. The maximum absolute atomic E-state index is 12.5. The average Bonchev–Trinajstić information content (AvgIpc) is 2.17. The van der Waals surface area contributed by atoms with Crippen LogP contribution in [0.5, 0.6) is 0 Å². The number of aliphatic carboxylic acids is 1. The zero-order valence-electron chi connectivity index (χ0n) is 8.11. The minimum atomic E-state index is -1.76. The van der Waals surface area contributed by atoms with Crippen molar-refractivity contribution in [1.29, 1.82) is 0 Å². The van der Waals surface area contributed by atoms with E-state index in [-0.39, 0.29) is 11.6 Å². The number of thioether (sulfide) groups is 1. The Bertz CT molecular complexity index is 348. The van der Waals surface area contributed by atoms with Crippen LogP contribution in [0.15, 0.2) is 29.2 Å². The molecule has 1 rings (SSSR count). The molecule has 0 heterocycles. The second-order valence-electron chi connectivity index (χ2n) is 3.32. The summed E-state index contributed by atoms with van der Waals surface area (Å²) in [5.74, 6) is -1.59. The smallest absolute Gasteiger partial charge is 0.336 e. The Hall–Kier alpha value is -1.07. The summed E-state index contributed by atoms with van der Waals surface area (Å²) in [6, 6.07) is 5.66. The topological polar surface area (TPSA) is 57.5 Å². The molecule has 0 aliphatic carbocycles. The van der Waals surface area contributed by atoms with Gasteiger partial charge in [-0.1, -0.05) is 0 Å². The average molecular weight is 230 g/mol. The van der Waals surface area contributed by atoms with E-state index in [1.165, 1.54) is 43.0 Å². The lowest BCUT2D eigenvalue weighted by atomic mass is 10.1. The van der Waals surface area contributed by atoms with Gasteiger partial charge in [-0.05, 0) is 31.2 Å². The third kappa shape index (κ3) is 3.53. The van der Waals surface area contributed by atoms with E-state index in [9.17, 15) is 14.3 Å². The molecule has 0 aliphatic heterocycles. The first-order chi connectivity index (χ1) is 6.92. The summed E-state index contributed by atoms with van der Waals surface area (Å²) in [4.78, 5) is 11.3. The highest BCUT2D eigenvalue weighted by Crippen LogP contribution is 2.22. The van der Waals surface area contributed by atoms with Gasteiger partial charge in [-0.3, -0.25) is 0 Å². The van der Waals surface area contributed by atoms with Gasteiger partial charge in [-0.2, -0.15) is 0 Å². The van der Waals surface area contributed by atoms with E-state index in [0.717, 1.165) is 4.90 Å². The van der Waals surface area contributed by atoms with Crippen molar-refractivity contribution in [2.24, 2.45) is 0 Å². The first kappa shape index (κ1) is 12.0. The highest BCUT2D eigenvalue weighted by Gasteiger charge is 2.29. The number of hydrogen-bond donors (Lipinski definition) is 2. The first-order valence-corrected chi connectivity index (χ1v) is 5.24. The van der Waals surface area contributed by atoms with Gasteiger partial charge in [-0.15, -0.1) is 11.8 Å². The number of rotatable bonds is 4. The lowest BCUT2D eigenvalue weighted by Gasteiger charge is -2.16. The van der Waals surface area contributed by atoms with Gasteiger partial charge < -0.3 is 10.2 Å². The molecule has 1 unspecified atom stereocenters. The molecule has 0 amide bonds. The fourth-order valence-electron chi connectivity index (χ4n) is 0.816. The molecule has 0 radical (unpaired) electrons. The monoisotopic (exact) mass is 230 g/mol. The van der Waals surface area contributed by atoms with Gasteiger partial charge in [0.05, 0.1) is 0 Å². The van der Waals surface area contributed by atoms with Gasteiger partial charge >= 0.3 is 5.97 Å². The van der Waals surface area contributed by atoms with Crippen LogP contribution in [0.1, 0.15) is 6.92 Å². The van der Waals surface area contributed by atoms with E-state index in [2.05, 4.69) is 0 Å². The molecular weight excluding hydrogens is 219 g/mol. The summed E-state index contributed by atoms with van der Waals surface area (Å²) >= 11 is 1.17. The molecule has 0 bridgehead atoms. The fourth-order valence-corrected chi connectivity index (χ4v) is 1.72. The molecule has 0 aromatic heterocycles. The minimum absolute atomic E-state index is 0.0218. The number of carboxylic acids is 1. The van der Waals surface area contributed by atoms with Crippen LogP contribution in [0.3, 0.4) is 0 Å². The number of halogens is 1. The Labute approximate surface area is 90.9 Å². The first-order valence-electron chi connectivity index (χ1n) is 4.26. The third-order valence-electron chi connectivity index (χ3n) is 1.79. The van der Waals surface area contributed by atoms with E-state index in [0.29, 0.717) is 0 Å². The van der Waals surface area contributed by atoms with Crippen molar-refractivity contribution in [2.75, 3.05) is 5.75 Å². The quantitative estimate of drug-likeness (QED) is 0.774. The van der Waals surface area contributed by atoms with Crippen LogP contribution in [-0.4, -0.2) is 27.5 Å². The van der Waals surface area contributed by atoms with Crippen molar-refractivity contribution >= 4 is 17.7 Å². The Morgan fingerprint density at radius 3 is 2.47 bits per heavy atom. The van der Waals surface area contributed by atoms with Crippen molar-refractivity contribution in [1.82, 2.24) is 0 Å². The van der Waals surface area contributed by atoms with Gasteiger partial charge in [0.15, 0.2) is 5.60 Å². The van der Waals surface area contributed by atoms with E-state index in [1.807, 2.05) is 0 Å². The molecule has 5 heteroatoms. The maximum atomic E-state index is 12.5. The van der Waals surface area contributed by atoms with Gasteiger partial charge in [0, 0.05) is 10.6 Å². The van der Waals surface area contributed by atoms with Gasteiger partial charge in [-0.25, -0.2) is 9.18 Å². The highest BCUT2D eigenvalue weighted by molar-refractivity contribution is 7.99. The molecule has 2 N–H and O–H groups in total. The van der Waals surface area contributed by atoms with Gasteiger partial charge in [0.1, 0.15) is 5.82 Å².